The number of carbonyl (C=O) groups excluding carboxylic acids is 1. The molecule has 0 spiro atoms. The zero-order valence-corrected chi connectivity index (χ0v) is 15.4. The van der Waals surface area contributed by atoms with E-state index in [9.17, 15) is 4.79 Å². The fraction of sp³-hybridized carbons (Fsp3) is 0.190. The summed E-state index contributed by atoms with van der Waals surface area (Å²) in [5, 5.41) is 11.4. The predicted octanol–water partition coefficient (Wildman–Crippen LogP) is 3.89. The number of methoxy groups -OCH3 is 1. The molecule has 0 aliphatic carbocycles. The molecule has 6 nitrogen and oxygen atoms in total. The number of nitrogens with one attached hydrogen (secondary N) is 1. The summed E-state index contributed by atoms with van der Waals surface area (Å²) in [4.78, 5) is 14.5. The van der Waals surface area contributed by atoms with Crippen molar-refractivity contribution < 1.29 is 9.53 Å². The molecule has 1 heterocycles. The second kappa shape index (κ2) is 8.80. The van der Waals surface area contributed by atoms with Crippen molar-refractivity contribution in [1.82, 2.24) is 15.1 Å². The Kier molecular flexibility index (Phi) is 5.99. The summed E-state index contributed by atoms with van der Waals surface area (Å²) in [6.45, 7) is 3.08. The van der Waals surface area contributed by atoms with Gasteiger partial charge in [-0.2, -0.15) is 0 Å². The van der Waals surface area contributed by atoms with Gasteiger partial charge >= 0.3 is 0 Å². The van der Waals surface area contributed by atoms with E-state index < -0.39 is 0 Å². The van der Waals surface area contributed by atoms with Gasteiger partial charge in [-0.15, -0.1) is 10.2 Å². The highest BCUT2D eigenvalue weighted by molar-refractivity contribution is 5.92. The van der Waals surface area contributed by atoms with Crippen molar-refractivity contribution in [3.05, 3.63) is 78.0 Å². The van der Waals surface area contributed by atoms with E-state index >= 15 is 0 Å². The maximum absolute atomic E-state index is 12.7. The highest BCUT2D eigenvalue weighted by atomic mass is 16.5. The van der Waals surface area contributed by atoms with Crippen LogP contribution in [0.15, 0.2) is 66.7 Å². The predicted molar refractivity (Wildman–Crippen MR) is 105 cm³/mol. The number of para-hydroxylation sites is 2. The first kappa shape index (κ1) is 18.4. The molecule has 27 heavy (non-hydrogen) atoms. The van der Waals surface area contributed by atoms with E-state index in [1.807, 2.05) is 61.5 Å². The fourth-order valence-corrected chi connectivity index (χ4v) is 2.69. The first-order chi connectivity index (χ1) is 13.2. The van der Waals surface area contributed by atoms with E-state index in [-0.39, 0.29) is 5.91 Å². The minimum Gasteiger partial charge on any atom is -0.495 e. The molecule has 0 saturated carbocycles. The van der Waals surface area contributed by atoms with Crippen LogP contribution in [0.3, 0.4) is 0 Å². The molecule has 1 amide bonds. The van der Waals surface area contributed by atoms with Gasteiger partial charge in [0, 0.05) is 13.1 Å². The Morgan fingerprint density at radius 2 is 1.74 bits per heavy atom. The van der Waals surface area contributed by atoms with Gasteiger partial charge in [-0.3, -0.25) is 4.79 Å². The third kappa shape index (κ3) is 4.61. The second-order valence-electron chi connectivity index (χ2n) is 5.93. The van der Waals surface area contributed by atoms with Gasteiger partial charge in [0.05, 0.1) is 12.8 Å². The van der Waals surface area contributed by atoms with Crippen molar-refractivity contribution in [3.63, 3.8) is 0 Å². The van der Waals surface area contributed by atoms with Gasteiger partial charge < -0.3 is 15.0 Å². The molecule has 138 valence electrons. The molecule has 3 rings (SSSR count). The lowest BCUT2D eigenvalue weighted by molar-refractivity contribution is 0.0745. The quantitative estimate of drug-likeness (QED) is 0.691. The molecule has 0 atom stereocenters. The Bertz CT molecular complexity index is 882. The standard InChI is InChI=1S/C21H22N4O2/c1-3-25(15-16-9-5-4-6-10-16)21(26)18-13-14-20(24-23-18)22-17-11-7-8-12-19(17)27-2/h4-14H,3,15H2,1-2H3,(H,22,24). The van der Waals surface area contributed by atoms with Crippen LogP contribution in [0.2, 0.25) is 0 Å². The van der Waals surface area contributed by atoms with Crippen molar-refractivity contribution in [3.8, 4) is 5.75 Å². The number of anilines is 2. The van der Waals surface area contributed by atoms with E-state index in [0.29, 0.717) is 30.4 Å². The van der Waals surface area contributed by atoms with Crippen LogP contribution < -0.4 is 10.1 Å². The van der Waals surface area contributed by atoms with Gasteiger partial charge in [-0.1, -0.05) is 42.5 Å². The zero-order chi connectivity index (χ0) is 19.1. The molecule has 0 bridgehead atoms. The summed E-state index contributed by atoms with van der Waals surface area (Å²) in [7, 11) is 1.61. The van der Waals surface area contributed by atoms with Crippen LogP contribution in [0.25, 0.3) is 0 Å². The van der Waals surface area contributed by atoms with Crippen LogP contribution in [0.5, 0.6) is 5.75 Å². The van der Waals surface area contributed by atoms with Gasteiger partial charge in [-0.05, 0) is 36.8 Å². The van der Waals surface area contributed by atoms with Gasteiger partial charge in [0.25, 0.3) is 5.91 Å². The lowest BCUT2D eigenvalue weighted by Gasteiger charge is -2.20. The number of aromatic nitrogens is 2. The Labute approximate surface area is 158 Å². The second-order valence-corrected chi connectivity index (χ2v) is 5.93. The van der Waals surface area contributed by atoms with Crippen LogP contribution >= 0.6 is 0 Å². The Balaban J connectivity index is 1.71. The minimum absolute atomic E-state index is 0.141. The number of ether oxygens (including phenoxy) is 1. The average Bonchev–Trinajstić information content (AvgIpc) is 2.73. The number of hydrogen-bond donors (Lipinski definition) is 1. The topological polar surface area (TPSA) is 67.4 Å². The molecule has 1 N–H and O–H groups in total. The lowest BCUT2D eigenvalue weighted by Crippen LogP contribution is -2.31. The summed E-state index contributed by atoms with van der Waals surface area (Å²) in [6.07, 6.45) is 0. The van der Waals surface area contributed by atoms with Gasteiger partial charge in [-0.25, -0.2) is 0 Å². The zero-order valence-electron chi connectivity index (χ0n) is 15.4. The van der Waals surface area contributed by atoms with E-state index in [1.54, 1.807) is 24.1 Å². The first-order valence-corrected chi connectivity index (χ1v) is 8.78. The number of nitrogens with zero attached hydrogens (tertiary/aromatic N) is 3. The van der Waals surface area contributed by atoms with Crippen LogP contribution in [0.4, 0.5) is 11.5 Å². The van der Waals surface area contributed by atoms with Crippen LogP contribution in [-0.2, 0) is 6.54 Å². The van der Waals surface area contributed by atoms with Crippen LogP contribution in [-0.4, -0.2) is 34.7 Å². The van der Waals surface area contributed by atoms with E-state index in [1.165, 1.54) is 0 Å². The number of rotatable bonds is 7. The Morgan fingerprint density at radius 1 is 1.00 bits per heavy atom. The summed E-state index contributed by atoms with van der Waals surface area (Å²) in [5.74, 6) is 1.11. The third-order valence-corrected chi connectivity index (χ3v) is 4.14. The highest BCUT2D eigenvalue weighted by Crippen LogP contribution is 2.25. The largest absolute Gasteiger partial charge is 0.495 e. The minimum atomic E-state index is -0.141. The van der Waals surface area contributed by atoms with Gasteiger partial charge in [0.2, 0.25) is 0 Å². The molecule has 0 saturated heterocycles. The molecule has 2 aromatic carbocycles. The molecule has 0 aliphatic heterocycles. The van der Waals surface area contributed by atoms with Gasteiger partial charge in [0.1, 0.15) is 5.75 Å². The van der Waals surface area contributed by atoms with Crippen molar-refractivity contribution in [2.45, 2.75) is 13.5 Å². The summed E-state index contributed by atoms with van der Waals surface area (Å²) in [6, 6.07) is 20.8. The lowest BCUT2D eigenvalue weighted by atomic mass is 10.2. The third-order valence-electron chi connectivity index (χ3n) is 4.14. The molecule has 0 aliphatic rings. The van der Waals surface area contributed by atoms with E-state index in [2.05, 4.69) is 15.5 Å². The molecule has 0 radical (unpaired) electrons. The highest BCUT2D eigenvalue weighted by Gasteiger charge is 2.16. The van der Waals surface area contributed by atoms with E-state index in [4.69, 9.17) is 4.74 Å². The number of carbonyl (C=O) groups is 1. The molecular weight excluding hydrogens is 340 g/mol. The van der Waals surface area contributed by atoms with Crippen molar-refractivity contribution >= 4 is 17.4 Å². The summed E-state index contributed by atoms with van der Waals surface area (Å²) < 4.78 is 5.31. The molecule has 6 heteroatoms. The first-order valence-electron chi connectivity index (χ1n) is 8.78. The van der Waals surface area contributed by atoms with Crippen molar-refractivity contribution in [2.24, 2.45) is 0 Å². The maximum Gasteiger partial charge on any atom is 0.274 e. The molecular formula is C21H22N4O2. The number of amides is 1. The van der Waals surface area contributed by atoms with E-state index in [0.717, 1.165) is 11.3 Å². The number of benzene rings is 2. The normalized spacial score (nSPS) is 10.3. The monoisotopic (exact) mass is 362 g/mol. The average molecular weight is 362 g/mol. The van der Waals surface area contributed by atoms with Gasteiger partial charge in [0.15, 0.2) is 11.5 Å². The fourth-order valence-electron chi connectivity index (χ4n) is 2.69. The molecule has 0 unspecified atom stereocenters. The Hall–Kier alpha value is -3.41. The SMILES string of the molecule is CCN(Cc1ccccc1)C(=O)c1ccc(Nc2ccccc2OC)nn1. The van der Waals surface area contributed by atoms with Crippen molar-refractivity contribution in [2.75, 3.05) is 19.0 Å². The maximum atomic E-state index is 12.7. The number of hydrogen-bond acceptors (Lipinski definition) is 5. The smallest absolute Gasteiger partial charge is 0.274 e. The van der Waals surface area contributed by atoms with Crippen molar-refractivity contribution in [1.29, 1.82) is 0 Å². The Morgan fingerprint density at radius 3 is 2.41 bits per heavy atom. The molecule has 3 aromatic rings. The molecule has 1 aromatic heterocycles. The summed E-state index contributed by atoms with van der Waals surface area (Å²) >= 11 is 0. The summed E-state index contributed by atoms with van der Waals surface area (Å²) in [5.41, 5.74) is 2.18. The molecule has 0 fully saturated rings. The van der Waals surface area contributed by atoms with Crippen LogP contribution in [0, 0.1) is 0 Å². The van der Waals surface area contributed by atoms with Crippen LogP contribution in [0.1, 0.15) is 23.0 Å².